The van der Waals surface area contributed by atoms with Crippen LogP contribution in [0.1, 0.15) is 110 Å². The van der Waals surface area contributed by atoms with Gasteiger partial charge in [-0.15, -0.1) is 0 Å². The molecule has 1 aliphatic heterocycles. The molecular formula is C28H54N2O4. The van der Waals surface area contributed by atoms with E-state index in [1.54, 1.807) is 0 Å². The molecule has 0 aliphatic carbocycles. The molecule has 2 atom stereocenters. The van der Waals surface area contributed by atoms with E-state index in [0.717, 1.165) is 45.3 Å². The number of allylic oxidation sites excluding steroid dienone is 2. The lowest BCUT2D eigenvalue weighted by molar-refractivity contribution is -0.147. The summed E-state index contributed by atoms with van der Waals surface area (Å²) < 4.78 is 11.4. The first kappa shape index (κ1) is 31.1. The van der Waals surface area contributed by atoms with Crippen molar-refractivity contribution in [2.45, 2.75) is 122 Å². The molecule has 0 unspecified atom stereocenters. The zero-order valence-corrected chi connectivity index (χ0v) is 22.0. The number of aliphatic hydroxyl groups excluding tert-OH is 1. The van der Waals surface area contributed by atoms with Gasteiger partial charge in [-0.3, -0.25) is 4.79 Å². The van der Waals surface area contributed by atoms with E-state index in [4.69, 9.17) is 14.6 Å². The Morgan fingerprint density at radius 3 is 2.18 bits per heavy atom. The molecular weight excluding hydrogens is 428 g/mol. The highest BCUT2D eigenvalue weighted by Gasteiger charge is 2.25. The maximum atomic E-state index is 12.0. The highest BCUT2D eigenvalue weighted by molar-refractivity contribution is 5.69. The van der Waals surface area contributed by atoms with Gasteiger partial charge in [-0.05, 0) is 44.9 Å². The van der Waals surface area contributed by atoms with Gasteiger partial charge < -0.3 is 25.2 Å². The number of hydrogen-bond donors (Lipinski definition) is 3. The summed E-state index contributed by atoms with van der Waals surface area (Å²) in [4.78, 5) is 12.0. The zero-order valence-electron chi connectivity index (χ0n) is 22.0. The van der Waals surface area contributed by atoms with E-state index in [9.17, 15) is 4.79 Å². The van der Waals surface area contributed by atoms with Gasteiger partial charge in [-0.25, -0.2) is 0 Å². The predicted octanol–water partition coefficient (Wildman–Crippen LogP) is 5.29. The molecule has 1 aliphatic rings. The lowest BCUT2D eigenvalue weighted by Crippen LogP contribution is -2.34. The largest absolute Gasteiger partial charge is 0.463 e. The van der Waals surface area contributed by atoms with Crippen LogP contribution in [-0.4, -0.2) is 62.7 Å². The second-order valence-electron chi connectivity index (χ2n) is 9.65. The van der Waals surface area contributed by atoms with Gasteiger partial charge in [0, 0.05) is 32.6 Å². The maximum absolute atomic E-state index is 12.0. The fourth-order valence-electron chi connectivity index (χ4n) is 4.29. The Morgan fingerprint density at radius 1 is 0.853 bits per heavy atom. The maximum Gasteiger partial charge on any atom is 0.305 e. The van der Waals surface area contributed by atoms with Crippen molar-refractivity contribution in [2.24, 2.45) is 0 Å². The molecule has 0 aromatic rings. The van der Waals surface area contributed by atoms with Crippen molar-refractivity contribution < 1.29 is 19.4 Å². The molecule has 34 heavy (non-hydrogen) atoms. The van der Waals surface area contributed by atoms with Crippen molar-refractivity contribution in [1.29, 1.82) is 0 Å². The molecule has 1 heterocycles. The number of hydrogen-bond acceptors (Lipinski definition) is 6. The Morgan fingerprint density at radius 2 is 1.47 bits per heavy atom. The third kappa shape index (κ3) is 19.4. The number of nitrogens with one attached hydrogen (secondary N) is 2. The van der Waals surface area contributed by atoms with E-state index in [-0.39, 0.29) is 24.8 Å². The molecule has 1 fully saturated rings. The molecule has 0 spiro atoms. The van der Waals surface area contributed by atoms with Crippen molar-refractivity contribution in [3.05, 3.63) is 12.2 Å². The van der Waals surface area contributed by atoms with Crippen LogP contribution < -0.4 is 10.6 Å². The average Bonchev–Trinajstić information content (AvgIpc) is 3.30. The van der Waals surface area contributed by atoms with Gasteiger partial charge in [0.25, 0.3) is 0 Å². The number of rotatable bonds is 24. The minimum Gasteiger partial charge on any atom is -0.463 e. The fraction of sp³-hybridized carbons (Fsp3) is 0.893. The minimum atomic E-state index is -0.0854. The lowest BCUT2D eigenvalue weighted by Gasteiger charge is -2.15. The van der Waals surface area contributed by atoms with E-state index in [1.165, 1.54) is 70.6 Å². The Labute approximate surface area is 209 Å². The number of carbonyl (C=O) groups excluding carboxylic acids is 1. The van der Waals surface area contributed by atoms with Crippen molar-refractivity contribution in [3.8, 4) is 0 Å². The van der Waals surface area contributed by atoms with Crippen molar-refractivity contribution in [3.63, 3.8) is 0 Å². The van der Waals surface area contributed by atoms with Crippen LogP contribution in [0, 0.1) is 0 Å². The van der Waals surface area contributed by atoms with Crippen molar-refractivity contribution in [2.75, 3.05) is 39.4 Å². The molecule has 0 bridgehead atoms. The van der Waals surface area contributed by atoms with E-state index >= 15 is 0 Å². The van der Waals surface area contributed by atoms with Crippen LogP contribution in [0.25, 0.3) is 0 Å². The molecule has 6 nitrogen and oxygen atoms in total. The van der Waals surface area contributed by atoms with Crippen molar-refractivity contribution >= 4 is 5.97 Å². The molecule has 0 saturated carbocycles. The fourth-order valence-corrected chi connectivity index (χ4v) is 4.29. The second kappa shape index (κ2) is 23.8. The smallest absolute Gasteiger partial charge is 0.305 e. The van der Waals surface area contributed by atoms with Gasteiger partial charge in [0.05, 0.1) is 18.8 Å². The molecule has 3 N–H and O–H groups in total. The second-order valence-corrected chi connectivity index (χ2v) is 9.65. The van der Waals surface area contributed by atoms with Crippen LogP contribution in [0.2, 0.25) is 0 Å². The van der Waals surface area contributed by atoms with Crippen LogP contribution in [0.5, 0.6) is 0 Å². The molecule has 0 aromatic carbocycles. The summed E-state index contributed by atoms with van der Waals surface area (Å²) in [5.41, 5.74) is 0. The Bertz CT molecular complexity index is 487. The standard InChI is InChI=1S/C28H54N2O4/c1-2-3-4-5-6-7-8-9-10-11-12-13-14-15-16-17-28(32)33-25-27-19-18-26(34-27)24-30-21-20-29-22-23-31/h9-10,26-27,29-31H,2-8,11-25H2,1H3/t26-,27+/m1/s1. The van der Waals surface area contributed by atoms with Crippen LogP contribution in [0.3, 0.4) is 0 Å². The van der Waals surface area contributed by atoms with Crippen LogP contribution in [0.15, 0.2) is 12.2 Å². The summed E-state index contributed by atoms with van der Waals surface area (Å²) in [6, 6.07) is 0. The summed E-state index contributed by atoms with van der Waals surface area (Å²) in [5, 5.41) is 15.2. The summed E-state index contributed by atoms with van der Waals surface area (Å²) in [6.45, 7) is 5.97. The van der Waals surface area contributed by atoms with Crippen LogP contribution in [-0.2, 0) is 14.3 Å². The summed E-state index contributed by atoms with van der Waals surface area (Å²) in [7, 11) is 0. The molecule has 1 rings (SSSR count). The normalized spacial score (nSPS) is 18.2. The molecule has 6 heteroatoms. The molecule has 1 saturated heterocycles. The molecule has 0 aromatic heterocycles. The number of carbonyl (C=O) groups is 1. The van der Waals surface area contributed by atoms with E-state index in [1.807, 2.05) is 0 Å². The molecule has 0 amide bonds. The predicted molar refractivity (Wildman–Crippen MR) is 141 cm³/mol. The van der Waals surface area contributed by atoms with Gasteiger partial charge in [0.1, 0.15) is 6.61 Å². The Hall–Kier alpha value is -0.950. The topological polar surface area (TPSA) is 79.8 Å². The highest BCUT2D eigenvalue weighted by atomic mass is 16.6. The van der Waals surface area contributed by atoms with Gasteiger partial charge >= 0.3 is 5.97 Å². The molecule has 200 valence electrons. The third-order valence-electron chi connectivity index (χ3n) is 6.41. The number of esters is 1. The van der Waals surface area contributed by atoms with E-state index < -0.39 is 0 Å². The minimum absolute atomic E-state index is 0.0392. The summed E-state index contributed by atoms with van der Waals surface area (Å²) in [6.07, 6.45) is 23.8. The highest BCUT2D eigenvalue weighted by Crippen LogP contribution is 2.19. The monoisotopic (exact) mass is 482 g/mol. The van der Waals surface area contributed by atoms with Gasteiger partial charge in [0.2, 0.25) is 0 Å². The Balaban J connectivity index is 1.84. The van der Waals surface area contributed by atoms with Crippen LogP contribution >= 0.6 is 0 Å². The van der Waals surface area contributed by atoms with Crippen molar-refractivity contribution in [1.82, 2.24) is 10.6 Å². The van der Waals surface area contributed by atoms with Gasteiger partial charge in [0.15, 0.2) is 0 Å². The first-order chi connectivity index (χ1) is 16.8. The van der Waals surface area contributed by atoms with Gasteiger partial charge in [-0.1, -0.05) is 70.4 Å². The summed E-state index contributed by atoms with van der Waals surface area (Å²) in [5.74, 6) is -0.0854. The summed E-state index contributed by atoms with van der Waals surface area (Å²) >= 11 is 0. The van der Waals surface area contributed by atoms with E-state index in [2.05, 4.69) is 29.7 Å². The first-order valence-electron chi connectivity index (χ1n) is 14.2. The average molecular weight is 483 g/mol. The molecule has 0 radical (unpaired) electrons. The zero-order chi connectivity index (χ0) is 24.5. The number of ether oxygens (including phenoxy) is 2. The first-order valence-corrected chi connectivity index (χ1v) is 14.2. The quantitative estimate of drug-likeness (QED) is 0.0986. The lowest BCUT2D eigenvalue weighted by atomic mass is 10.1. The number of aliphatic hydroxyl groups is 1. The Kier molecular flexibility index (Phi) is 21.7. The van der Waals surface area contributed by atoms with Gasteiger partial charge in [-0.2, -0.15) is 0 Å². The third-order valence-corrected chi connectivity index (χ3v) is 6.41. The number of unbranched alkanes of at least 4 members (excludes halogenated alkanes) is 11. The van der Waals surface area contributed by atoms with Crippen LogP contribution in [0.4, 0.5) is 0 Å². The van der Waals surface area contributed by atoms with E-state index in [0.29, 0.717) is 19.6 Å². The SMILES string of the molecule is CCCCCCCCC=CCCCCCCCC(=O)OC[C@@H]1CC[C@H](CNCCNCCO)O1.